The third-order valence-electron chi connectivity index (χ3n) is 3.54. The Balaban J connectivity index is 0.00000484. The number of aliphatic imine (C=N–C) groups is 1. The molecule has 132 valence electrons. The van der Waals surface area contributed by atoms with Crippen molar-refractivity contribution in [1.82, 2.24) is 10.6 Å². The van der Waals surface area contributed by atoms with Gasteiger partial charge in [-0.25, -0.2) is 0 Å². The van der Waals surface area contributed by atoms with E-state index in [2.05, 4.69) is 34.9 Å². The van der Waals surface area contributed by atoms with Gasteiger partial charge in [0, 0.05) is 26.1 Å². The van der Waals surface area contributed by atoms with E-state index >= 15 is 0 Å². The molecular weight excluding hydrogens is 421 g/mol. The summed E-state index contributed by atoms with van der Waals surface area (Å²) >= 11 is 1.90. The Morgan fingerprint density at radius 1 is 1.26 bits per heavy atom. The van der Waals surface area contributed by atoms with Gasteiger partial charge in [0.2, 0.25) is 0 Å². The summed E-state index contributed by atoms with van der Waals surface area (Å²) in [6, 6.07) is 8.17. The molecule has 0 aromatic heterocycles. The second-order valence-corrected chi connectivity index (χ2v) is 6.21. The maximum Gasteiger partial charge on any atom is 0.190 e. The monoisotopic (exact) mass is 451 g/mol. The van der Waals surface area contributed by atoms with Crippen LogP contribution in [0, 0.1) is 0 Å². The lowest BCUT2D eigenvalue weighted by molar-refractivity contribution is 0.406. The van der Waals surface area contributed by atoms with Crippen molar-refractivity contribution >= 4 is 41.7 Å². The van der Waals surface area contributed by atoms with E-state index < -0.39 is 0 Å². The standard InChI is InChI=1S/C17H29N3OS.HI/c1-14(15-9-5-6-10-16(15)21-3)13-20-17(18-2)19-11-7-8-12-22-4;/h5-6,9-10,14H,7-8,11-13H2,1-4H3,(H2,18,19,20);1H. The number of hydrogen-bond donors (Lipinski definition) is 2. The Morgan fingerprint density at radius 2 is 2.00 bits per heavy atom. The van der Waals surface area contributed by atoms with Crippen molar-refractivity contribution < 1.29 is 4.74 Å². The van der Waals surface area contributed by atoms with Crippen LogP contribution in [0.2, 0.25) is 0 Å². The Morgan fingerprint density at radius 3 is 2.65 bits per heavy atom. The van der Waals surface area contributed by atoms with Gasteiger partial charge in [-0.05, 0) is 36.5 Å². The highest BCUT2D eigenvalue weighted by Gasteiger charge is 2.11. The van der Waals surface area contributed by atoms with Gasteiger partial charge in [-0.1, -0.05) is 25.1 Å². The van der Waals surface area contributed by atoms with E-state index in [1.54, 1.807) is 7.11 Å². The number of halogens is 1. The normalized spacial score (nSPS) is 12.3. The van der Waals surface area contributed by atoms with Crippen LogP contribution in [0.5, 0.6) is 5.75 Å². The van der Waals surface area contributed by atoms with Crippen molar-refractivity contribution in [2.24, 2.45) is 4.99 Å². The van der Waals surface area contributed by atoms with E-state index in [0.29, 0.717) is 5.92 Å². The maximum atomic E-state index is 5.43. The Labute approximate surface area is 162 Å². The lowest BCUT2D eigenvalue weighted by atomic mass is 10.0. The fourth-order valence-corrected chi connectivity index (χ4v) is 2.72. The van der Waals surface area contributed by atoms with Gasteiger partial charge in [-0.3, -0.25) is 4.99 Å². The molecule has 23 heavy (non-hydrogen) atoms. The average Bonchev–Trinajstić information content (AvgIpc) is 2.57. The van der Waals surface area contributed by atoms with Gasteiger partial charge < -0.3 is 15.4 Å². The SMILES string of the molecule is CN=C(NCCCCSC)NCC(C)c1ccccc1OC.I. The number of para-hydroxylation sites is 1. The summed E-state index contributed by atoms with van der Waals surface area (Å²) in [5, 5.41) is 6.75. The maximum absolute atomic E-state index is 5.43. The van der Waals surface area contributed by atoms with Gasteiger partial charge in [0.05, 0.1) is 7.11 Å². The van der Waals surface area contributed by atoms with E-state index in [9.17, 15) is 0 Å². The van der Waals surface area contributed by atoms with Gasteiger partial charge in [0.15, 0.2) is 5.96 Å². The molecule has 0 fully saturated rings. The second-order valence-electron chi connectivity index (χ2n) is 5.22. The highest BCUT2D eigenvalue weighted by molar-refractivity contribution is 14.0. The average molecular weight is 451 g/mol. The summed E-state index contributed by atoms with van der Waals surface area (Å²) in [4.78, 5) is 4.27. The molecule has 1 rings (SSSR count). The summed E-state index contributed by atoms with van der Waals surface area (Å²) in [6.07, 6.45) is 4.56. The number of methoxy groups -OCH3 is 1. The summed E-state index contributed by atoms with van der Waals surface area (Å²) in [5.41, 5.74) is 1.22. The lowest BCUT2D eigenvalue weighted by Crippen LogP contribution is -2.39. The third-order valence-corrected chi connectivity index (χ3v) is 4.23. The molecule has 0 aliphatic rings. The number of guanidine groups is 1. The fourth-order valence-electron chi connectivity index (χ4n) is 2.23. The highest BCUT2D eigenvalue weighted by atomic mass is 127. The minimum atomic E-state index is 0. The van der Waals surface area contributed by atoms with E-state index in [-0.39, 0.29) is 24.0 Å². The van der Waals surface area contributed by atoms with Crippen LogP contribution in [-0.2, 0) is 0 Å². The number of thioether (sulfide) groups is 1. The minimum absolute atomic E-state index is 0. The van der Waals surface area contributed by atoms with Crippen LogP contribution >= 0.6 is 35.7 Å². The van der Waals surface area contributed by atoms with Crippen molar-refractivity contribution in [2.45, 2.75) is 25.7 Å². The quantitative estimate of drug-likeness (QED) is 0.260. The summed E-state index contributed by atoms with van der Waals surface area (Å²) in [6.45, 7) is 3.98. The van der Waals surface area contributed by atoms with Gasteiger partial charge in [0.1, 0.15) is 5.75 Å². The van der Waals surface area contributed by atoms with Crippen LogP contribution in [0.25, 0.3) is 0 Å². The Bertz CT molecular complexity index is 457. The number of ether oxygens (including phenoxy) is 1. The molecule has 1 aromatic carbocycles. The van der Waals surface area contributed by atoms with Crippen LogP contribution in [-0.4, -0.2) is 45.2 Å². The van der Waals surface area contributed by atoms with Gasteiger partial charge in [-0.15, -0.1) is 24.0 Å². The van der Waals surface area contributed by atoms with Crippen LogP contribution in [0.1, 0.15) is 31.2 Å². The van der Waals surface area contributed by atoms with Crippen molar-refractivity contribution in [1.29, 1.82) is 0 Å². The second kappa shape index (κ2) is 13.8. The molecule has 0 bridgehead atoms. The molecule has 0 heterocycles. The molecular formula is C17H30IN3OS. The van der Waals surface area contributed by atoms with E-state index in [4.69, 9.17) is 4.74 Å². The molecule has 2 N–H and O–H groups in total. The van der Waals surface area contributed by atoms with E-state index in [1.807, 2.05) is 37.0 Å². The molecule has 0 radical (unpaired) electrons. The smallest absolute Gasteiger partial charge is 0.190 e. The number of hydrogen-bond acceptors (Lipinski definition) is 3. The first-order valence-corrected chi connectivity index (χ1v) is 9.18. The highest BCUT2D eigenvalue weighted by Crippen LogP contribution is 2.25. The zero-order valence-electron chi connectivity index (χ0n) is 14.6. The Kier molecular flexibility index (Phi) is 13.4. The molecule has 1 unspecified atom stereocenters. The zero-order valence-corrected chi connectivity index (χ0v) is 17.7. The number of unbranched alkanes of at least 4 members (excludes halogenated alkanes) is 1. The predicted molar refractivity (Wildman–Crippen MR) is 114 cm³/mol. The summed E-state index contributed by atoms with van der Waals surface area (Å²) in [7, 11) is 3.53. The van der Waals surface area contributed by atoms with Gasteiger partial charge in [-0.2, -0.15) is 11.8 Å². The number of nitrogens with zero attached hydrogens (tertiary/aromatic N) is 1. The largest absolute Gasteiger partial charge is 0.496 e. The molecule has 4 nitrogen and oxygen atoms in total. The van der Waals surface area contributed by atoms with Crippen molar-refractivity contribution in [3.8, 4) is 5.75 Å². The van der Waals surface area contributed by atoms with Crippen molar-refractivity contribution in [2.75, 3.05) is 39.3 Å². The first-order chi connectivity index (χ1) is 10.7. The lowest BCUT2D eigenvalue weighted by Gasteiger charge is -2.18. The molecule has 0 saturated heterocycles. The number of nitrogens with one attached hydrogen (secondary N) is 2. The minimum Gasteiger partial charge on any atom is -0.496 e. The van der Waals surface area contributed by atoms with Gasteiger partial charge in [0.25, 0.3) is 0 Å². The predicted octanol–water partition coefficient (Wildman–Crippen LogP) is 3.72. The zero-order chi connectivity index (χ0) is 16.2. The van der Waals surface area contributed by atoms with Crippen molar-refractivity contribution in [3.05, 3.63) is 29.8 Å². The third kappa shape index (κ3) is 8.69. The van der Waals surface area contributed by atoms with Crippen LogP contribution in [0.4, 0.5) is 0 Å². The Hall–Kier alpha value is -0.630. The summed E-state index contributed by atoms with van der Waals surface area (Å²) < 4.78 is 5.43. The van der Waals surface area contributed by atoms with Crippen LogP contribution in [0.3, 0.4) is 0 Å². The first kappa shape index (κ1) is 22.4. The van der Waals surface area contributed by atoms with Crippen LogP contribution < -0.4 is 15.4 Å². The fraction of sp³-hybridized carbons (Fsp3) is 0.588. The molecule has 0 spiro atoms. The molecule has 1 aromatic rings. The first-order valence-electron chi connectivity index (χ1n) is 7.79. The van der Waals surface area contributed by atoms with Crippen LogP contribution in [0.15, 0.2) is 29.3 Å². The molecule has 6 heteroatoms. The van der Waals surface area contributed by atoms with Gasteiger partial charge >= 0.3 is 0 Å². The van der Waals surface area contributed by atoms with Crippen molar-refractivity contribution in [3.63, 3.8) is 0 Å². The van der Waals surface area contributed by atoms with E-state index in [1.165, 1.54) is 24.2 Å². The summed E-state index contributed by atoms with van der Waals surface area (Å²) in [5.74, 6) is 3.38. The molecule has 0 amide bonds. The number of benzene rings is 1. The molecule has 0 aliphatic carbocycles. The molecule has 0 aliphatic heterocycles. The molecule has 1 atom stereocenters. The van der Waals surface area contributed by atoms with E-state index in [0.717, 1.165) is 24.8 Å². The molecule has 0 saturated carbocycles. The topological polar surface area (TPSA) is 45.7 Å². The number of rotatable bonds is 9.